The van der Waals surface area contributed by atoms with Gasteiger partial charge in [-0.1, -0.05) is 35.9 Å². The molecule has 1 amide bonds. The zero-order valence-corrected chi connectivity index (χ0v) is 17.0. The van der Waals surface area contributed by atoms with E-state index in [0.717, 1.165) is 11.1 Å². The number of rotatable bonds is 7. The van der Waals surface area contributed by atoms with Crippen LogP contribution in [0.2, 0.25) is 0 Å². The zero-order chi connectivity index (χ0) is 20.9. The molecule has 0 aliphatic carbocycles. The summed E-state index contributed by atoms with van der Waals surface area (Å²) in [7, 11) is -2.30. The van der Waals surface area contributed by atoms with Gasteiger partial charge in [0.2, 0.25) is 0 Å². The third-order valence-corrected chi connectivity index (χ3v) is 5.70. The van der Waals surface area contributed by atoms with Crippen LogP contribution in [-0.2, 0) is 16.6 Å². The Hall–Kier alpha value is -3.32. The van der Waals surface area contributed by atoms with Gasteiger partial charge in [-0.15, -0.1) is 0 Å². The largest absolute Gasteiger partial charge is 0.497 e. The molecule has 29 heavy (non-hydrogen) atoms. The number of methoxy groups -OCH3 is 1. The van der Waals surface area contributed by atoms with E-state index in [2.05, 4.69) is 10.0 Å². The van der Waals surface area contributed by atoms with E-state index in [9.17, 15) is 13.2 Å². The molecule has 0 saturated carbocycles. The summed E-state index contributed by atoms with van der Waals surface area (Å²) in [4.78, 5) is 12.5. The number of hydrogen-bond acceptors (Lipinski definition) is 4. The summed E-state index contributed by atoms with van der Waals surface area (Å²) in [5, 5.41) is 2.81. The van der Waals surface area contributed by atoms with Crippen molar-refractivity contribution in [2.24, 2.45) is 0 Å². The molecule has 3 aromatic rings. The smallest absolute Gasteiger partial charge is 0.261 e. The topological polar surface area (TPSA) is 84.5 Å². The number of nitrogens with one attached hydrogen (secondary N) is 2. The highest BCUT2D eigenvalue weighted by atomic mass is 32.2. The molecule has 6 nitrogen and oxygen atoms in total. The van der Waals surface area contributed by atoms with Gasteiger partial charge in [0.25, 0.3) is 15.9 Å². The average molecular weight is 410 g/mol. The lowest BCUT2D eigenvalue weighted by molar-refractivity contribution is 0.0950. The van der Waals surface area contributed by atoms with Gasteiger partial charge in [-0.25, -0.2) is 8.42 Å². The van der Waals surface area contributed by atoms with Crippen molar-refractivity contribution in [1.29, 1.82) is 0 Å². The van der Waals surface area contributed by atoms with Crippen LogP contribution in [0.5, 0.6) is 5.75 Å². The van der Waals surface area contributed by atoms with Gasteiger partial charge in [-0.3, -0.25) is 9.52 Å². The fraction of sp³-hybridized carbons (Fsp3) is 0.136. The van der Waals surface area contributed by atoms with Crippen LogP contribution >= 0.6 is 0 Å². The fourth-order valence-electron chi connectivity index (χ4n) is 2.67. The summed E-state index contributed by atoms with van der Waals surface area (Å²) in [6, 6.07) is 20.3. The molecule has 3 rings (SSSR count). The van der Waals surface area contributed by atoms with Crippen molar-refractivity contribution in [1.82, 2.24) is 5.32 Å². The number of ether oxygens (including phenoxy) is 1. The van der Waals surface area contributed by atoms with E-state index in [0.29, 0.717) is 18.0 Å². The Morgan fingerprint density at radius 2 is 1.66 bits per heavy atom. The first kappa shape index (κ1) is 20.4. The number of carbonyl (C=O) groups excluding carboxylic acids is 1. The van der Waals surface area contributed by atoms with Gasteiger partial charge in [-0.05, 0) is 55.0 Å². The molecule has 0 aliphatic rings. The maximum absolute atomic E-state index is 12.7. The Kier molecular flexibility index (Phi) is 6.19. The molecule has 2 N–H and O–H groups in total. The van der Waals surface area contributed by atoms with E-state index in [-0.39, 0.29) is 16.4 Å². The van der Waals surface area contributed by atoms with Crippen molar-refractivity contribution in [3.8, 4) is 5.75 Å². The first-order valence-electron chi connectivity index (χ1n) is 8.98. The molecule has 0 bridgehead atoms. The number of sulfonamides is 1. The number of carbonyl (C=O) groups is 1. The highest BCUT2D eigenvalue weighted by Gasteiger charge is 2.16. The van der Waals surface area contributed by atoms with Gasteiger partial charge in [-0.2, -0.15) is 0 Å². The minimum Gasteiger partial charge on any atom is -0.497 e. The maximum Gasteiger partial charge on any atom is 0.261 e. The Balaban J connectivity index is 1.71. The molecule has 0 aromatic heterocycles. The highest BCUT2D eigenvalue weighted by molar-refractivity contribution is 7.92. The standard InChI is InChI=1S/C22H22N2O4S/c1-16-6-8-17(9-7-16)15-23-22(25)18-4-3-5-21(14-18)29(26,27)24-19-10-12-20(28-2)13-11-19/h3-14,24H,15H2,1-2H3,(H,23,25). The number of aryl methyl sites for hydroxylation is 1. The molecule has 0 aliphatic heterocycles. The second-order valence-corrected chi connectivity index (χ2v) is 8.21. The van der Waals surface area contributed by atoms with Crippen LogP contribution in [0.15, 0.2) is 77.7 Å². The van der Waals surface area contributed by atoms with Crippen LogP contribution < -0.4 is 14.8 Å². The fourth-order valence-corrected chi connectivity index (χ4v) is 3.77. The molecule has 0 saturated heterocycles. The van der Waals surface area contributed by atoms with Gasteiger partial charge >= 0.3 is 0 Å². The lowest BCUT2D eigenvalue weighted by atomic mass is 10.1. The monoisotopic (exact) mass is 410 g/mol. The molecule has 0 heterocycles. The van der Waals surface area contributed by atoms with E-state index in [1.165, 1.54) is 19.2 Å². The van der Waals surface area contributed by atoms with Crippen molar-refractivity contribution in [2.75, 3.05) is 11.8 Å². The van der Waals surface area contributed by atoms with Crippen LogP contribution in [0.4, 0.5) is 5.69 Å². The predicted octanol–water partition coefficient (Wildman–Crippen LogP) is 3.73. The van der Waals surface area contributed by atoms with Crippen LogP contribution in [0.3, 0.4) is 0 Å². The highest BCUT2D eigenvalue weighted by Crippen LogP contribution is 2.20. The molecule has 0 radical (unpaired) electrons. The average Bonchev–Trinajstić information content (AvgIpc) is 2.73. The molecule has 0 fully saturated rings. The molecular weight excluding hydrogens is 388 g/mol. The quantitative estimate of drug-likeness (QED) is 0.622. The Labute approximate surface area is 170 Å². The number of amides is 1. The summed E-state index contributed by atoms with van der Waals surface area (Å²) in [6.45, 7) is 2.36. The number of hydrogen-bond donors (Lipinski definition) is 2. The zero-order valence-electron chi connectivity index (χ0n) is 16.2. The van der Waals surface area contributed by atoms with Crippen LogP contribution in [0.25, 0.3) is 0 Å². The molecule has 0 unspecified atom stereocenters. The van der Waals surface area contributed by atoms with Crippen molar-refractivity contribution in [2.45, 2.75) is 18.4 Å². The first-order valence-corrected chi connectivity index (χ1v) is 10.5. The normalized spacial score (nSPS) is 11.0. The lowest BCUT2D eigenvalue weighted by Gasteiger charge is -2.10. The van der Waals surface area contributed by atoms with Gasteiger partial charge in [0.15, 0.2) is 0 Å². The van der Waals surface area contributed by atoms with E-state index in [1.807, 2.05) is 31.2 Å². The van der Waals surface area contributed by atoms with E-state index < -0.39 is 10.0 Å². The maximum atomic E-state index is 12.7. The summed E-state index contributed by atoms with van der Waals surface area (Å²) in [5.41, 5.74) is 2.78. The van der Waals surface area contributed by atoms with Gasteiger partial charge < -0.3 is 10.1 Å². The van der Waals surface area contributed by atoms with Crippen molar-refractivity contribution < 1.29 is 17.9 Å². The Morgan fingerprint density at radius 3 is 2.31 bits per heavy atom. The molecule has 0 spiro atoms. The van der Waals surface area contributed by atoms with Gasteiger partial charge in [0.1, 0.15) is 5.75 Å². The van der Waals surface area contributed by atoms with Gasteiger partial charge in [0, 0.05) is 17.8 Å². The first-order chi connectivity index (χ1) is 13.9. The van der Waals surface area contributed by atoms with Crippen molar-refractivity contribution >= 4 is 21.6 Å². The minimum absolute atomic E-state index is 0.0105. The Bertz CT molecular complexity index is 1090. The minimum atomic E-state index is -3.83. The molecule has 0 atom stereocenters. The summed E-state index contributed by atoms with van der Waals surface area (Å²) in [5.74, 6) is 0.285. The summed E-state index contributed by atoms with van der Waals surface area (Å²) < 4.78 is 32.9. The second kappa shape index (κ2) is 8.79. The second-order valence-electron chi connectivity index (χ2n) is 6.53. The summed E-state index contributed by atoms with van der Waals surface area (Å²) in [6.07, 6.45) is 0. The Morgan fingerprint density at radius 1 is 0.966 bits per heavy atom. The van der Waals surface area contributed by atoms with Crippen LogP contribution in [0.1, 0.15) is 21.5 Å². The van der Waals surface area contributed by atoms with E-state index >= 15 is 0 Å². The lowest BCUT2D eigenvalue weighted by Crippen LogP contribution is -2.23. The molecule has 150 valence electrons. The number of benzene rings is 3. The van der Waals surface area contributed by atoms with Crippen LogP contribution in [-0.4, -0.2) is 21.4 Å². The number of anilines is 1. The third-order valence-electron chi connectivity index (χ3n) is 4.32. The predicted molar refractivity (Wildman–Crippen MR) is 113 cm³/mol. The van der Waals surface area contributed by atoms with E-state index in [1.54, 1.807) is 36.4 Å². The van der Waals surface area contributed by atoms with Gasteiger partial charge in [0.05, 0.1) is 12.0 Å². The summed E-state index contributed by atoms with van der Waals surface area (Å²) >= 11 is 0. The SMILES string of the molecule is COc1ccc(NS(=O)(=O)c2cccc(C(=O)NCc3ccc(C)cc3)c2)cc1. The van der Waals surface area contributed by atoms with E-state index in [4.69, 9.17) is 4.74 Å². The van der Waals surface area contributed by atoms with Crippen molar-refractivity contribution in [3.05, 3.63) is 89.5 Å². The van der Waals surface area contributed by atoms with Crippen molar-refractivity contribution in [3.63, 3.8) is 0 Å². The molecular formula is C22H22N2O4S. The molecule has 7 heteroatoms. The molecule has 3 aromatic carbocycles. The third kappa shape index (κ3) is 5.36. The van der Waals surface area contributed by atoms with Crippen LogP contribution in [0, 0.1) is 6.92 Å².